The lowest BCUT2D eigenvalue weighted by Crippen LogP contribution is -2.38. The standard InChI is InChI=1S/C13H21N3O/c1-16-9-11(8-15-16)12(17)13(10-14)6-4-2-3-5-7-13/h8-9H,2-7,10,14H2,1H3. The van der Waals surface area contributed by atoms with Gasteiger partial charge in [-0.3, -0.25) is 9.48 Å². The molecule has 1 fully saturated rings. The Morgan fingerprint density at radius 2 is 2.06 bits per heavy atom. The summed E-state index contributed by atoms with van der Waals surface area (Å²) in [6.07, 6.45) is 9.99. The van der Waals surface area contributed by atoms with E-state index >= 15 is 0 Å². The SMILES string of the molecule is Cn1cc(C(=O)C2(CN)CCCCCC2)cn1. The fraction of sp³-hybridized carbons (Fsp3) is 0.692. The normalized spacial score (nSPS) is 19.9. The number of rotatable bonds is 3. The van der Waals surface area contributed by atoms with Crippen molar-refractivity contribution in [3.05, 3.63) is 18.0 Å². The van der Waals surface area contributed by atoms with Crippen molar-refractivity contribution in [1.29, 1.82) is 0 Å². The van der Waals surface area contributed by atoms with E-state index in [9.17, 15) is 4.79 Å². The molecule has 0 atom stereocenters. The van der Waals surface area contributed by atoms with Crippen LogP contribution in [-0.4, -0.2) is 22.1 Å². The van der Waals surface area contributed by atoms with Gasteiger partial charge in [-0.1, -0.05) is 25.7 Å². The molecular weight excluding hydrogens is 214 g/mol. The molecule has 17 heavy (non-hydrogen) atoms. The first-order chi connectivity index (χ1) is 8.18. The summed E-state index contributed by atoms with van der Waals surface area (Å²) in [6, 6.07) is 0. The van der Waals surface area contributed by atoms with Gasteiger partial charge >= 0.3 is 0 Å². The lowest BCUT2D eigenvalue weighted by molar-refractivity contribution is 0.0774. The Morgan fingerprint density at radius 1 is 1.41 bits per heavy atom. The molecule has 0 bridgehead atoms. The fourth-order valence-electron chi connectivity index (χ4n) is 2.77. The second-order valence-electron chi connectivity index (χ2n) is 5.13. The Hall–Kier alpha value is -1.16. The summed E-state index contributed by atoms with van der Waals surface area (Å²) in [4.78, 5) is 12.6. The van der Waals surface area contributed by atoms with Crippen molar-refractivity contribution in [2.75, 3.05) is 6.54 Å². The van der Waals surface area contributed by atoms with Crippen LogP contribution in [0.3, 0.4) is 0 Å². The Bertz CT molecular complexity index is 389. The van der Waals surface area contributed by atoms with Crippen molar-refractivity contribution in [1.82, 2.24) is 9.78 Å². The Morgan fingerprint density at radius 3 is 2.53 bits per heavy atom. The lowest BCUT2D eigenvalue weighted by atomic mass is 9.75. The number of ketones is 1. The molecule has 0 aliphatic heterocycles. The molecule has 1 aliphatic carbocycles. The third-order valence-electron chi connectivity index (χ3n) is 3.90. The smallest absolute Gasteiger partial charge is 0.173 e. The third kappa shape index (κ3) is 2.41. The van der Waals surface area contributed by atoms with E-state index in [-0.39, 0.29) is 11.2 Å². The maximum atomic E-state index is 12.6. The molecule has 1 aromatic rings. The molecule has 4 nitrogen and oxygen atoms in total. The van der Waals surface area contributed by atoms with Gasteiger partial charge in [0.05, 0.1) is 11.8 Å². The van der Waals surface area contributed by atoms with Gasteiger partial charge in [0.15, 0.2) is 5.78 Å². The summed E-state index contributed by atoms with van der Waals surface area (Å²) in [5.74, 6) is 0.190. The van der Waals surface area contributed by atoms with Crippen molar-refractivity contribution < 1.29 is 4.79 Å². The Labute approximate surface area is 102 Å². The maximum absolute atomic E-state index is 12.6. The maximum Gasteiger partial charge on any atom is 0.173 e. The van der Waals surface area contributed by atoms with Gasteiger partial charge in [0, 0.05) is 25.2 Å². The highest BCUT2D eigenvalue weighted by atomic mass is 16.1. The van der Waals surface area contributed by atoms with Gasteiger partial charge in [-0.2, -0.15) is 5.10 Å². The monoisotopic (exact) mass is 235 g/mol. The molecule has 1 heterocycles. The summed E-state index contributed by atoms with van der Waals surface area (Å²) in [5, 5.41) is 4.08. The molecule has 4 heteroatoms. The van der Waals surface area contributed by atoms with Gasteiger partial charge < -0.3 is 5.73 Å². The quantitative estimate of drug-likeness (QED) is 0.643. The third-order valence-corrected chi connectivity index (χ3v) is 3.90. The predicted octanol–water partition coefficient (Wildman–Crippen LogP) is 1.90. The van der Waals surface area contributed by atoms with Gasteiger partial charge in [-0.05, 0) is 12.8 Å². The Balaban J connectivity index is 2.24. The van der Waals surface area contributed by atoms with Crippen LogP contribution < -0.4 is 5.73 Å². The van der Waals surface area contributed by atoms with E-state index < -0.39 is 0 Å². The van der Waals surface area contributed by atoms with E-state index in [2.05, 4.69) is 5.10 Å². The van der Waals surface area contributed by atoms with Crippen LogP contribution in [-0.2, 0) is 7.05 Å². The van der Waals surface area contributed by atoms with Crippen LogP contribution in [0.25, 0.3) is 0 Å². The highest BCUT2D eigenvalue weighted by Crippen LogP contribution is 2.37. The molecule has 94 valence electrons. The zero-order valence-electron chi connectivity index (χ0n) is 10.5. The molecule has 0 amide bonds. The largest absolute Gasteiger partial charge is 0.329 e. The topological polar surface area (TPSA) is 60.9 Å². The molecule has 1 aliphatic rings. The molecule has 1 saturated carbocycles. The highest BCUT2D eigenvalue weighted by Gasteiger charge is 2.38. The first-order valence-corrected chi connectivity index (χ1v) is 6.41. The summed E-state index contributed by atoms with van der Waals surface area (Å²) in [6.45, 7) is 0.459. The first kappa shape index (κ1) is 12.3. The van der Waals surface area contributed by atoms with E-state index in [1.54, 1.807) is 17.1 Å². The van der Waals surface area contributed by atoms with Crippen LogP contribution in [0.4, 0.5) is 0 Å². The van der Waals surface area contributed by atoms with Gasteiger partial charge in [-0.25, -0.2) is 0 Å². The second kappa shape index (κ2) is 5.00. The minimum Gasteiger partial charge on any atom is -0.329 e. The number of aromatic nitrogens is 2. The summed E-state index contributed by atoms with van der Waals surface area (Å²) in [5.41, 5.74) is 6.28. The highest BCUT2D eigenvalue weighted by molar-refractivity contribution is 6.00. The number of nitrogens with zero attached hydrogens (tertiary/aromatic N) is 2. The van der Waals surface area contributed by atoms with Gasteiger partial charge in [0.1, 0.15) is 0 Å². The number of Topliss-reactive ketones (excluding diaryl/α,β-unsaturated/α-hetero) is 1. The van der Waals surface area contributed by atoms with Crippen LogP contribution in [0, 0.1) is 5.41 Å². The van der Waals surface area contributed by atoms with Crippen molar-refractivity contribution in [2.24, 2.45) is 18.2 Å². The molecule has 2 N–H and O–H groups in total. The van der Waals surface area contributed by atoms with E-state index in [0.717, 1.165) is 25.7 Å². The number of carbonyl (C=O) groups excluding carboxylic acids is 1. The number of carbonyl (C=O) groups is 1. The summed E-state index contributed by atoms with van der Waals surface area (Å²) in [7, 11) is 1.83. The predicted molar refractivity (Wildman–Crippen MR) is 66.7 cm³/mol. The number of hydrogen-bond acceptors (Lipinski definition) is 3. The van der Waals surface area contributed by atoms with Crippen LogP contribution >= 0.6 is 0 Å². The average molecular weight is 235 g/mol. The van der Waals surface area contributed by atoms with Crippen LogP contribution in [0.2, 0.25) is 0 Å². The number of aryl methyl sites for hydroxylation is 1. The first-order valence-electron chi connectivity index (χ1n) is 6.41. The second-order valence-corrected chi connectivity index (χ2v) is 5.13. The van der Waals surface area contributed by atoms with E-state index in [1.807, 2.05) is 7.05 Å². The van der Waals surface area contributed by atoms with Crippen molar-refractivity contribution in [2.45, 2.75) is 38.5 Å². The molecule has 1 aromatic heterocycles. The molecule has 0 spiro atoms. The zero-order valence-corrected chi connectivity index (χ0v) is 10.5. The summed E-state index contributed by atoms with van der Waals surface area (Å²) < 4.78 is 1.67. The number of nitrogens with two attached hydrogens (primary N) is 1. The molecule has 0 aromatic carbocycles. The van der Waals surface area contributed by atoms with Crippen LogP contribution in [0.15, 0.2) is 12.4 Å². The average Bonchev–Trinajstić information content (AvgIpc) is 2.64. The molecule has 0 unspecified atom stereocenters. The summed E-state index contributed by atoms with van der Waals surface area (Å²) >= 11 is 0. The minimum atomic E-state index is -0.334. The molecule has 0 saturated heterocycles. The molecule has 2 rings (SSSR count). The fourth-order valence-corrected chi connectivity index (χ4v) is 2.77. The van der Waals surface area contributed by atoms with E-state index in [0.29, 0.717) is 12.1 Å². The minimum absolute atomic E-state index is 0.190. The Kier molecular flexibility index (Phi) is 3.62. The van der Waals surface area contributed by atoms with E-state index in [4.69, 9.17) is 5.73 Å². The molecule has 0 radical (unpaired) electrons. The van der Waals surface area contributed by atoms with Gasteiger partial charge in [-0.15, -0.1) is 0 Å². The van der Waals surface area contributed by atoms with Crippen molar-refractivity contribution >= 4 is 5.78 Å². The zero-order chi connectivity index (χ0) is 12.3. The van der Waals surface area contributed by atoms with Crippen molar-refractivity contribution in [3.63, 3.8) is 0 Å². The van der Waals surface area contributed by atoms with Crippen LogP contribution in [0.5, 0.6) is 0 Å². The number of hydrogen-bond donors (Lipinski definition) is 1. The van der Waals surface area contributed by atoms with Gasteiger partial charge in [0.25, 0.3) is 0 Å². The molecular formula is C13H21N3O. The lowest BCUT2D eigenvalue weighted by Gasteiger charge is -2.29. The van der Waals surface area contributed by atoms with Crippen molar-refractivity contribution in [3.8, 4) is 0 Å². The van der Waals surface area contributed by atoms with Crippen LogP contribution in [0.1, 0.15) is 48.9 Å². The van der Waals surface area contributed by atoms with Gasteiger partial charge in [0.2, 0.25) is 0 Å². The van der Waals surface area contributed by atoms with E-state index in [1.165, 1.54) is 12.8 Å².